The standard InChI is InChI=1S/C21H32N2O4/c1-2-3-12-27-19-6-4-18(5-7-19)20(24)22-17-21(8-13-25-14-9-21)23-10-15-26-16-11-23/h4-7H,2-3,8-17H2,1H3,(H,22,24). The van der Waals surface area contributed by atoms with Gasteiger partial charge in [0.05, 0.1) is 19.8 Å². The van der Waals surface area contributed by atoms with E-state index in [9.17, 15) is 4.79 Å². The molecule has 0 unspecified atom stereocenters. The third-order valence-corrected chi connectivity index (χ3v) is 5.57. The largest absolute Gasteiger partial charge is 0.494 e. The lowest BCUT2D eigenvalue weighted by Gasteiger charge is -2.47. The molecule has 2 aliphatic rings. The number of rotatable bonds is 8. The number of carbonyl (C=O) groups is 1. The molecule has 150 valence electrons. The summed E-state index contributed by atoms with van der Waals surface area (Å²) in [7, 11) is 0. The van der Waals surface area contributed by atoms with Crippen molar-refractivity contribution in [3.8, 4) is 5.75 Å². The van der Waals surface area contributed by atoms with Gasteiger partial charge in [0.25, 0.3) is 5.91 Å². The SMILES string of the molecule is CCCCOc1ccc(C(=O)NCC2(N3CCOCC3)CCOCC2)cc1. The Morgan fingerprint density at radius 1 is 1.11 bits per heavy atom. The van der Waals surface area contributed by atoms with Crippen molar-refractivity contribution >= 4 is 5.91 Å². The van der Waals surface area contributed by atoms with Crippen molar-refractivity contribution in [3.05, 3.63) is 29.8 Å². The summed E-state index contributed by atoms with van der Waals surface area (Å²) in [6.07, 6.45) is 4.03. The van der Waals surface area contributed by atoms with Crippen molar-refractivity contribution in [1.82, 2.24) is 10.2 Å². The first kappa shape index (κ1) is 20.1. The van der Waals surface area contributed by atoms with Gasteiger partial charge in [-0.3, -0.25) is 9.69 Å². The Morgan fingerprint density at radius 2 is 1.78 bits per heavy atom. The summed E-state index contributed by atoms with van der Waals surface area (Å²) in [5, 5.41) is 3.16. The number of nitrogens with zero attached hydrogens (tertiary/aromatic N) is 1. The molecule has 3 rings (SSSR count). The first-order chi connectivity index (χ1) is 13.2. The number of benzene rings is 1. The van der Waals surface area contributed by atoms with E-state index < -0.39 is 0 Å². The van der Waals surface area contributed by atoms with Crippen molar-refractivity contribution in [3.63, 3.8) is 0 Å². The van der Waals surface area contributed by atoms with Crippen LogP contribution in [0.1, 0.15) is 43.0 Å². The van der Waals surface area contributed by atoms with E-state index in [0.29, 0.717) is 18.7 Å². The van der Waals surface area contributed by atoms with Gasteiger partial charge in [-0.15, -0.1) is 0 Å². The summed E-state index contributed by atoms with van der Waals surface area (Å²) in [5.74, 6) is 0.781. The van der Waals surface area contributed by atoms with Gasteiger partial charge >= 0.3 is 0 Å². The molecule has 1 amide bonds. The number of nitrogens with one attached hydrogen (secondary N) is 1. The van der Waals surface area contributed by atoms with Gasteiger partial charge in [0, 0.05) is 44.0 Å². The lowest BCUT2D eigenvalue weighted by atomic mass is 9.87. The molecular weight excluding hydrogens is 344 g/mol. The number of hydrogen-bond acceptors (Lipinski definition) is 5. The van der Waals surface area contributed by atoms with Crippen LogP contribution in [-0.4, -0.2) is 69.0 Å². The van der Waals surface area contributed by atoms with Gasteiger partial charge < -0.3 is 19.5 Å². The van der Waals surface area contributed by atoms with Crippen LogP contribution in [0.15, 0.2) is 24.3 Å². The highest BCUT2D eigenvalue weighted by Crippen LogP contribution is 2.28. The molecule has 6 heteroatoms. The van der Waals surface area contributed by atoms with E-state index >= 15 is 0 Å². The van der Waals surface area contributed by atoms with Crippen molar-refractivity contribution in [2.24, 2.45) is 0 Å². The number of carbonyl (C=O) groups excluding carboxylic acids is 1. The number of hydrogen-bond donors (Lipinski definition) is 1. The molecule has 0 saturated carbocycles. The monoisotopic (exact) mass is 376 g/mol. The minimum Gasteiger partial charge on any atom is -0.494 e. The van der Waals surface area contributed by atoms with Crippen LogP contribution in [0.2, 0.25) is 0 Å². The van der Waals surface area contributed by atoms with Crippen LogP contribution < -0.4 is 10.1 Å². The fourth-order valence-electron chi connectivity index (χ4n) is 3.78. The lowest BCUT2D eigenvalue weighted by molar-refractivity contribution is -0.0693. The lowest BCUT2D eigenvalue weighted by Crippen LogP contribution is -2.61. The minimum atomic E-state index is -0.0331. The second-order valence-electron chi connectivity index (χ2n) is 7.35. The summed E-state index contributed by atoms with van der Waals surface area (Å²) in [5.41, 5.74) is 0.642. The van der Waals surface area contributed by atoms with E-state index in [1.54, 1.807) is 0 Å². The molecule has 2 fully saturated rings. The Labute approximate surface area is 162 Å². The molecule has 0 aliphatic carbocycles. The molecule has 2 saturated heterocycles. The average molecular weight is 376 g/mol. The minimum absolute atomic E-state index is 0.0269. The molecule has 27 heavy (non-hydrogen) atoms. The Morgan fingerprint density at radius 3 is 2.44 bits per heavy atom. The van der Waals surface area contributed by atoms with E-state index in [2.05, 4.69) is 17.1 Å². The van der Waals surface area contributed by atoms with Crippen LogP contribution in [0.3, 0.4) is 0 Å². The molecule has 1 N–H and O–H groups in total. The van der Waals surface area contributed by atoms with Crippen LogP contribution >= 0.6 is 0 Å². The summed E-state index contributed by atoms with van der Waals surface area (Å²) < 4.78 is 16.7. The highest BCUT2D eigenvalue weighted by Gasteiger charge is 2.39. The maximum absolute atomic E-state index is 12.7. The molecule has 1 aromatic rings. The highest BCUT2D eigenvalue weighted by molar-refractivity contribution is 5.94. The quantitative estimate of drug-likeness (QED) is 0.707. The molecule has 6 nitrogen and oxygen atoms in total. The zero-order chi connectivity index (χ0) is 19.0. The van der Waals surface area contributed by atoms with Gasteiger partial charge in [0.2, 0.25) is 0 Å². The van der Waals surface area contributed by atoms with E-state index in [0.717, 1.165) is 70.9 Å². The Kier molecular flexibility index (Phi) is 7.50. The first-order valence-electron chi connectivity index (χ1n) is 10.2. The van der Waals surface area contributed by atoms with Crippen molar-refractivity contribution in [1.29, 1.82) is 0 Å². The van der Waals surface area contributed by atoms with Crippen molar-refractivity contribution in [2.45, 2.75) is 38.1 Å². The smallest absolute Gasteiger partial charge is 0.251 e. The summed E-state index contributed by atoms with van der Waals surface area (Å²) in [6, 6.07) is 7.41. The average Bonchev–Trinajstić information content (AvgIpc) is 2.74. The topological polar surface area (TPSA) is 60.0 Å². The predicted molar refractivity (Wildman–Crippen MR) is 104 cm³/mol. The van der Waals surface area contributed by atoms with Crippen molar-refractivity contribution < 1.29 is 19.0 Å². The van der Waals surface area contributed by atoms with Gasteiger partial charge in [0.15, 0.2) is 0 Å². The zero-order valence-electron chi connectivity index (χ0n) is 16.4. The first-order valence-corrected chi connectivity index (χ1v) is 10.2. The second-order valence-corrected chi connectivity index (χ2v) is 7.35. The van der Waals surface area contributed by atoms with E-state index in [1.165, 1.54) is 0 Å². The Bertz CT molecular complexity index is 578. The third-order valence-electron chi connectivity index (χ3n) is 5.57. The molecule has 0 radical (unpaired) electrons. The van der Waals surface area contributed by atoms with Gasteiger partial charge in [-0.2, -0.15) is 0 Å². The van der Waals surface area contributed by atoms with E-state index in [4.69, 9.17) is 14.2 Å². The van der Waals surface area contributed by atoms with Crippen LogP contribution in [-0.2, 0) is 9.47 Å². The fourth-order valence-corrected chi connectivity index (χ4v) is 3.78. The Hall–Kier alpha value is -1.63. The van der Waals surface area contributed by atoms with Gasteiger partial charge in [-0.1, -0.05) is 13.3 Å². The molecule has 0 bridgehead atoms. The van der Waals surface area contributed by atoms with Crippen molar-refractivity contribution in [2.75, 3.05) is 52.7 Å². The third kappa shape index (κ3) is 5.43. The Balaban J connectivity index is 1.57. The second kappa shape index (κ2) is 10.1. The summed E-state index contributed by atoms with van der Waals surface area (Å²) in [6.45, 7) is 8.34. The number of ether oxygens (including phenoxy) is 3. The zero-order valence-corrected chi connectivity index (χ0v) is 16.4. The maximum Gasteiger partial charge on any atom is 0.251 e. The molecule has 0 atom stereocenters. The van der Waals surface area contributed by atoms with Gasteiger partial charge in [-0.05, 0) is 43.5 Å². The van der Waals surface area contributed by atoms with E-state index in [-0.39, 0.29) is 11.4 Å². The number of unbranched alkanes of at least 4 members (excludes halogenated alkanes) is 1. The molecular formula is C21H32N2O4. The molecule has 1 aromatic carbocycles. The van der Waals surface area contributed by atoms with Crippen LogP contribution in [0.5, 0.6) is 5.75 Å². The van der Waals surface area contributed by atoms with Crippen LogP contribution in [0, 0.1) is 0 Å². The molecule has 0 spiro atoms. The molecule has 0 aromatic heterocycles. The number of amides is 1. The number of morpholine rings is 1. The van der Waals surface area contributed by atoms with Gasteiger partial charge in [0.1, 0.15) is 5.75 Å². The van der Waals surface area contributed by atoms with Crippen LogP contribution in [0.25, 0.3) is 0 Å². The highest BCUT2D eigenvalue weighted by atomic mass is 16.5. The van der Waals surface area contributed by atoms with Gasteiger partial charge in [-0.25, -0.2) is 0 Å². The molecule has 2 aliphatic heterocycles. The maximum atomic E-state index is 12.7. The van der Waals surface area contributed by atoms with Crippen LogP contribution in [0.4, 0.5) is 0 Å². The molecule has 2 heterocycles. The normalized spacial score (nSPS) is 20.2. The summed E-state index contributed by atoms with van der Waals surface area (Å²) >= 11 is 0. The summed E-state index contributed by atoms with van der Waals surface area (Å²) in [4.78, 5) is 15.1. The predicted octanol–water partition coefficient (Wildman–Crippen LogP) is 2.48. The fraction of sp³-hybridized carbons (Fsp3) is 0.667. The van der Waals surface area contributed by atoms with E-state index in [1.807, 2.05) is 24.3 Å².